The molecule has 1 unspecified atom stereocenters. The number of hydrogen-bond acceptors (Lipinski definition) is 2. The van der Waals surface area contributed by atoms with E-state index in [1.54, 1.807) is 0 Å². The van der Waals surface area contributed by atoms with Gasteiger partial charge < -0.3 is 0 Å². The van der Waals surface area contributed by atoms with Gasteiger partial charge in [-0.15, -0.1) is 0 Å². The van der Waals surface area contributed by atoms with E-state index in [2.05, 4.69) is 0 Å². The summed E-state index contributed by atoms with van der Waals surface area (Å²) in [5.41, 5.74) is 0. The van der Waals surface area contributed by atoms with Gasteiger partial charge in [0.25, 0.3) is 0 Å². The summed E-state index contributed by atoms with van der Waals surface area (Å²) in [6.07, 6.45) is 4.37. The Hall–Kier alpha value is -0.180. The van der Waals surface area contributed by atoms with E-state index in [9.17, 15) is 9.00 Å². The van der Waals surface area contributed by atoms with E-state index in [4.69, 9.17) is 0 Å². The van der Waals surface area contributed by atoms with Crippen molar-refractivity contribution in [3.63, 3.8) is 0 Å². The van der Waals surface area contributed by atoms with E-state index < -0.39 is 10.8 Å². The summed E-state index contributed by atoms with van der Waals surface area (Å²) in [6, 6.07) is 0. The lowest BCUT2D eigenvalue weighted by atomic mass is 9.98. The highest BCUT2D eigenvalue weighted by atomic mass is 32.2. The predicted molar refractivity (Wildman–Crippen MR) is 43.8 cm³/mol. The van der Waals surface area contributed by atoms with E-state index >= 15 is 0 Å². The quantitative estimate of drug-likeness (QED) is 0.546. The average Bonchev–Trinajstić information content (AvgIpc) is 1.92. The summed E-state index contributed by atoms with van der Waals surface area (Å²) in [7, 11) is -0.677. The third-order valence-electron chi connectivity index (χ3n) is 2.62. The normalized spacial score (nSPS) is 44.0. The lowest BCUT2D eigenvalue weighted by molar-refractivity contribution is -0.119. The molecule has 2 fully saturated rings. The highest BCUT2D eigenvalue weighted by Crippen LogP contribution is 2.31. The minimum Gasteiger partial charge on any atom is -0.300 e. The van der Waals surface area contributed by atoms with Gasteiger partial charge in [0.1, 0.15) is 5.78 Å². The fraction of sp³-hybridized carbons (Fsp3) is 0.875. The molecule has 2 bridgehead atoms. The molecule has 2 aliphatic heterocycles. The van der Waals surface area contributed by atoms with Crippen LogP contribution in [-0.2, 0) is 15.6 Å². The third-order valence-corrected chi connectivity index (χ3v) is 4.74. The number of rotatable bonds is 0. The van der Waals surface area contributed by atoms with Crippen molar-refractivity contribution in [3.8, 4) is 0 Å². The van der Waals surface area contributed by atoms with Gasteiger partial charge in [-0.1, -0.05) is 6.42 Å². The van der Waals surface area contributed by atoms with Crippen LogP contribution in [0.4, 0.5) is 0 Å². The molecular weight excluding hydrogens is 160 g/mol. The third kappa shape index (κ3) is 1.26. The fourth-order valence-corrected chi connectivity index (χ4v) is 4.08. The Morgan fingerprint density at radius 1 is 1.18 bits per heavy atom. The van der Waals surface area contributed by atoms with Crippen molar-refractivity contribution in [1.29, 1.82) is 0 Å². The average molecular weight is 172 g/mol. The zero-order chi connectivity index (χ0) is 7.84. The van der Waals surface area contributed by atoms with E-state index in [1.807, 2.05) is 0 Å². The van der Waals surface area contributed by atoms with Crippen molar-refractivity contribution in [2.24, 2.45) is 0 Å². The second-order valence-electron chi connectivity index (χ2n) is 3.45. The second-order valence-corrected chi connectivity index (χ2v) is 5.44. The van der Waals surface area contributed by atoms with Crippen LogP contribution in [0.2, 0.25) is 0 Å². The second kappa shape index (κ2) is 2.70. The van der Waals surface area contributed by atoms with Crippen molar-refractivity contribution >= 4 is 16.6 Å². The van der Waals surface area contributed by atoms with Gasteiger partial charge in [0.2, 0.25) is 0 Å². The molecule has 3 atom stereocenters. The van der Waals surface area contributed by atoms with Gasteiger partial charge >= 0.3 is 0 Å². The summed E-state index contributed by atoms with van der Waals surface area (Å²) < 4.78 is 11.5. The van der Waals surface area contributed by atoms with Gasteiger partial charge in [-0.3, -0.25) is 9.00 Å². The Morgan fingerprint density at radius 2 is 1.73 bits per heavy atom. The monoisotopic (exact) mass is 172 g/mol. The molecule has 0 aromatic rings. The SMILES string of the molecule is O=C1C[C@H]2CCC[C@@H](C1)S2=O. The zero-order valence-electron chi connectivity index (χ0n) is 6.41. The number of fused-ring (bicyclic) bond motifs is 2. The Morgan fingerprint density at radius 3 is 2.27 bits per heavy atom. The first-order valence-corrected chi connectivity index (χ1v) is 5.46. The lowest BCUT2D eigenvalue weighted by Gasteiger charge is -2.32. The Balaban J connectivity index is 2.19. The van der Waals surface area contributed by atoms with Crippen molar-refractivity contribution in [3.05, 3.63) is 0 Å². The summed E-state index contributed by atoms with van der Waals surface area (Å²) in [5, 5.41) is 0.435. The number of carbonyl (C=O) groups excluding carboxylic acids is 1. The van der Waals surface area contributed by atoms with Gasteiger partial charge in [-0.25, -0.2) is 0 Å². The largest absolute Gasteiger partial charge is 0.300 e. The van der Waals surface area contributed by atoms with Gasteiger partial charge in [0.15, 0.2) is 0 Å². The molecule has 2 saturated heterocycles. The highest BCUT2D eigenvalue weighted by Gasteiger charge is 2.36. The van der Waals surface area contributed by atoms with Crippen molar-refractivity contribution in [1.82, 2.24) is 0 Å². The number of Topliss-reactive ketones (excluding diaryl/α,β-unsaturated/α-hetero) is 1. The van der Waals surface area contributed by atoms with Gasteiger partial charge in [-0.05, 0) is 12.8 Å². The minimum atomic E-state index is -0.677. The zero-order valence-corrected chi connectivity index (χ0v) is 7.23. The van der Waals surface area contributed by atoms with Crippen molar-refractivity contribution in [2.45, 2.75) is 42.6 Å². The maximum Gasteiger partial charge on any atom is 0.135 e. The Kier molecular flexibility index (Phi) is 1.83. The van der Waals surface area contributed by atoms with Crippen LogP contribution >= 0.6 is 0 Å². The van der Waals surface area contributed by atoms with Gasteiger partial charge in [-0.2, -0.15) is 0 Å². The van der Waals surface area contributed by atoms with E-state index in [1.165, 1.54) is 6.42 Å². The number of hydrogen-bond donors (Lipinski definition) is 0. The van der Waals surface area contributed by atoms with Gasteiger partial charge in [0, 0.05) is 34.1 Å². The molecule has 0 saturated carbocycles. The van der Waals surface area contributed by atoms with Crippen LogP contribution in [-0.4, -0.2) is 20.5 Å². The van der Waals surface area contributed by atoms with Crippen LogP contribution < -0.4 is 0 Å². The topological polar surface area (TPSA) is 34.1 Å². The predicted octanol–water partition coefficient (Wildman–Crippen LogP) is 1.02. The van der Waals surface area contributed by atoms with Crippen LogP contribution in [0.3, 0.4) is 0 Å². The van der Waals surface area contributed by atoms with Crippen LogP contribution in [0.25, 0.3) is 0 Å². The molecular formula is C8H12O2S. The summed E-state index contributed by atoms with van der Waals surface area (Å²) in [4.78, 5) is 11.1. The van der Waals surface area contributed by atoms with Gasteiger partial charge in [0.05, 0.1) is 0 Å². The van der Waals surface area contributed by atoms with Crippen molar-refractivity contribution < 1.29 is 9.00 Å². The molecule has 0 aromatic heterocycles. The molecule has 0 N–H and O–H groups in total. The highest BCUT2D eigenvalue weighted by molar-refractivity contribution is 7.86. The van der Waals surface area contributed by atoms with Crippen molar-refractivity contribution in [2.75, 3.05) is 0 Å². The van der Waals surface area contributed by atoms with Crippen LogP contribution in [0.1, 0.15) is 32.1 Å². The molecule has 0 radical (unpaired) electrons. The standard InChI is InChI=1S/C8H12O2S/c9-6-4-7-2-1-3-8(5-6)11(7)10/h7-8H,1-5H2/t7-,8+,11?. The molecule has 11 heavy (non-hydrogen) atoms. The maximum atomic E-state index is 11.5. The molecule has 0 aliphatic carbocycles. The molecule has 2 heterocycles. The molecule has 62 valence electrons. The first-order valence-electron chi connectivity index (χ1n) is 4.18. The number of carbonyl (C=O) groups is 1. The maximum absolute atomic E-state index is 11.5. The summed E-state index contributed by atoms with van der Waals surface area (Å²) in [6.45, 7) is 0. The number of ketones is 1. The lowest BCUT2D eigenvalue weighted by Crippen LogP contribution is -2.39. The van der Waals surface area contributed by atoms with Crippen LogP contribution in [0.15, 0.2) is 0 Å². The Bertz CT molecular complexity index is 194. The smallest absolute Gasteiger partial charge is 0.135 e. The molecule has 2 nitrogen and oxygen atoms in total. The first-order chi connectivity index (χ1) is 5.27. The first kappa shape index (κ1) is 7.47. The van der Waals surface area contributed by atoms with E-state index in [0.29, 0.717) is 18.6 Å². The van der Waals surface area contributed by atoms with E-state index in [-0.39, 0.29) is 10.5 Å². The molecule has 3 heteroatoms. The molecule has 0 amide bonds. The molecule has 2 aliphatic rings. The fourth-order valence-electron chi connectivity index (χ4n) is 2.04. The molecule has 2 rings (SSSR count). The summed E-state index contributed by atoms with van der Waals surface area (Å²) in [5.74, 6) is 0.333. The molecule has 0 aromatic carbocycles. The van der Waals surface area contributed by atoms with E-state index in [0.717, 1.165) is 12.8 Å². The minimum absolute atomic E-state index is 0.218. The Labute approximate surface area is 68.8 Å². The summed E-state index contributed by atoms with van der Waals surface area (Å²) >= 11 is 0. The molecule has 0 spiro atoms. The van der Waals surface area contributed by atoms with Crippen LogP contribution in [0, 0.1) is 0 Å². The van der Waals surface area contributed by atoms with Crippen LogP contribution in [0.5, 0.6) is 0 Å².